The Morgan fingerprint density at radius 2 is 1.67 bits per heavy atom. The highest BCUT2D eigenvalue weighted by molar-refractivity contribution is 4.89. The molecule has 0 amide bonds. The number of nitrogens with zero attached hydrogens (tertiary/aromatic N) is 1. The molecule has 0 fully saturated rings. The van der Waals surface area contributed by atoms with Gasteiger partial charge in [0.15, 0.2) is 0 Å². The maximum Gasteiger partial charge on any atom is 0.0249 e. The van der Waals surface area contributed by atoms with Crippen LogP contribution in [0.15, 0.2) is 12.2 Å². The lowest BCUT2D eigenvalue weighted by atomic mass is 10.2. The standard InChI is InChI=1S/C11H23N/c1-5-8-11(4)12(9-6-2)10-7-3/h5,8,11H,6-7,9-10H2,1-4H3. The summed E-state index contributed by atoms with van der Waals surface area (Å²) in [5.74, 6) is 0. The van der Waals surface area contributed by atoms with E-state index < -0.39 is 0 Å². The Labute approximate surface area is 77.5 Å². The van der Waals surface area contributed by atoms with E-state index in [9.17, 15) is 0 Å². The van der Waals surface area contributed by atoms with Crippen molar-refractivity contribution in [3.8, 4) is 0 Å². The summed E-state index contributed by atoms with van der Waals surface area (Å²) in [5.41, 5.74) is 0. The third-order valence-electron chi connectivity index (χ3n) is 2.07. The SMILES string of the molecule is CC=CC(C)N(CCC)CCC. The zero-order chi connectivity index (χ0) is 9.40. The Bertz CT molecular complexity index is 112. The van der Waals surface area contributed by atoms with E-state index in [-0.39, 0.29) is 0 Å². The maximum absolute atomic E-state index is 2.53. The molecule has 1 atom stereocenters. The molecule has 0 aromatic carbocycles. The Morgan fingerprint density at radius 3 is 2.00 bits per heavy atom. The molecular weight excluding hydrogens is 146 g/mol. The van der Waals surface area contributed by atoms with Crippen molar-refractivity contribution in [2.24, 2.45) is 0 Å². The first kappa shape index (κ1) is 11.7. The van der Waals surface area contributed by atoms with E-state index in [2.05, 4.69) is 44.7 Å². The highest BCUT2D eigenvalue weighted by Gasteiger charge is 2.07. The molecule has 0 radical (unpaired) electrons. The minimum absolute atomic E-state index is 0.606. The molecule has 0 rings (SSSR count). The van der Waals surface area contributed by atoms with Gasteiger partial charge >= 0.3 is 0 Å². The van der Waals surface area contributed by atoms with Crippen LogP contribution in [0.2, 0.25) is 0 Å². The lowest BCUT2D eigenvalue weighted by Gasteiger charge is -2.25. The molecule has 0 spiro atoms. The van der Waals surface area contributed by atoms with Crippen molar-refractivity contribution in [3.63, 3.8) is 0 Å². The van der Waals surface area contributed by atoms with Gasteiger partial charge in [0.25, 0.3) is 0 Å². The number of hydrogen-bond donors (Lipinski definition) is 0. The molecular formula is C11H23N. The predicted octanol–water partition coefficient (Wildman–Crippen LogP) is 3.07. The summed E-state index contributed by atoms with van der Waals surface area (Å²) in [5, 5.41) is 0. The van der Waals surface area contributed by atoms with Crippen LogP contribution in [0, 0.1) is 0 Å². The van der Waals surface area contributed by atoms with Crippen LogP contribution < -0.4 is 0 Å². The Kier molecular flexibility index (Phi) is 7.17. The van der Waals surface area contributed by atoms with Crippen LogP contribution in [0.4, 0.5) is 0 Å². The molecule has 0 aliphatic carbocycles. The summed E-state index contributed by atoms with van der Waals surface area (Å²) in [7, 11) is 0. The largest absolute Gasteiger partial charge is 0.297 e. The zero-order valence-electron chi connectivity index (χ0n) is 9.01. The second-order valence-corrected chi connectivity index (χ2v) is 3.30. The molecule has 0 aromatic heterocycles. The Hall–Kier alpha value is -0.300. The summed E-state index contributed by atoms with van der Waals surface area (Å²) in [6.45, 7) is 11.3. The fourth-order valence-electron chi connectivity index (χ4n) is 1.49. The molecule has 0 aliphatic rings. The second-order valence-electron chi connectivity index (χ2n) is 3.30. The van der Waals surface area contributed by atoms with Gasteiger partial charge in [-0.2, -0.15) is 0 Å². The van der Waals surface area contributed by atoms with Crippen LogP contribution >= 0.6 is 0 Å². The Balaban J connectivity index is 3.89. The van der Waals surface area contributed by atoms with Gasteiger partial charge in [-0.3, -0.25) is 4.90 Å². The lowest BCUT2D eigenvalue weighted by molar-refractivity contribution is 0.242. The smallest absolute Gasteiger partial charge is 0.0249 e. The number of hydrogen-bond acceptors (Lipinski definition) is 1. The molecule has 1 heteroatoms. The normalized spacial score (nSPS) is 14.4. The van der Waals surface area contributed by atoms with E-state index in [1.54, 1.807) is 0 Å². The second kappa shape index (κ2) is 7.35. The van der Waals surface area contributed by atoms with Gasteiger partial charge in [-0.1, -0.05) is 26.0 Å². The van der Waals surface area contributed by atoms with Crippen LogP contribution in [-0.2, 0) is 0 Å². The van der Waals surface area contributed by atoms with Crippen molar-refractivity contribution < 1.29 is 0 Å². The van der Waals surface area contributed by atoms with Gasteiger partial charge in [0.1, 0.15) is 0 Å². The van der Waals surface area contributed by atoms with Crippen molar-refractivity contribution in [1.82, 2.24) is 4.90 Å². The molecule has 0 aromatic rings. The summed E-state index contributed by atoms with van der Waals surface area (Å²) < 4.78 is 0. The molecule has 12 heavy (non-hydrogen) atoms. The number of allylic oxidation sites excluding steroid dienone is 1. The fourth-order valence-corrected chi connectivity index (χ4v) is 1.49. The van der Waals surface area contributed by atoms with Crippen LogP contribution in [0.25, 0.3) is 0 Å². The molecule has 0 aliphatic heterocycles. The van der Waals surface area contributed by atoms with Gasteiger partial charge in [0.05, 0.1) is 0 Å². The van der Waals surface area contributed by atoms with Crippen molar-refractivity contribution in [3.05, 3.63) is 12.2 Å². The molecule has 0 heterocycles. The van der Waals surface area contributed by atoms with Gasteiger partial charge in [-0.15, -0.1) is 0 Å². The van der Waals surface area contributed by atoms with E-state index in [0.29, 0.717) is 6.04 Å². The first-order chi connectivity index (χ1) is 5.76. The summed E-state index contributed by atoms with van der Waals surface area (Å²) >= 11 is 0. The average Bonchev–Trinajstić information content (AvgIpc) is 2.04. The highest BCUT2D eigenvalue weighted by atomic mass is 15.1. The molecule has 0 saturated heterocycles. The minimum Gasteiger partial charge on any atom is -0.297 e. The van der Waals surface area contributed by atoms with Gasteiger partial charge in [0, 0.05) is 6.04 Å². The number of rotatable bonds is 6. The van der Waals surface area contributed by atoms with E-state index in [4.69, 9.17) is 0 Å². The summed E-state index contributed by atoms with van der Waals surface area (Å²) in [6, 6.07) is 0.606. The van der Waals surface area contributed by atoms with Gasteiger partial charge in [-0.25, -0.2) is 0 Å². The zero-order valence-corrected chi connectivity index (χ0v) is 9.01. The van der Waals surface area contributed by atoms with E-state index in [0.717, 1.165) is 0 Å². The topological polar surface area (TPSA) is 3.24 Å². The first-order valence-electron chi connectivity index (χ1n) is 5.13. The molecule has 0 saturated carbocycles. The van der Waals surface area contributed by atoms with Crippen molar-refractivity contribution in [2.45, 2.75) is 46.6 Å². The van der Waals surface area contributed by atoms with Gasteiger partial charge in [0.2, 0.25) is 0 Å². The van der Waals surface area contributed by atoms with E-state index in [1.807, 2.05) is 0 Å². The van der Waals surface area contributed by atoms with Crippen LogP contribution in [0.1, 0.15) is 40.5 Å². The summed E-state index contributed by atoms with van der Waals surface area (Å²) in [4.78, 5) is 2.53. The minimum atomic E-state index is 0.606. The maximum atomic E-state index is 2.53. The Morgan fingerprint density at radius 1 is 1.17 bits per heavy atom. The molecule has 72 valence electrons. The third kappa shape index (κ3) is 4.55. The molecule has 1 nitrogen and oxygen atoms in total. The third-order valence-corrected chi connectivity index (χ3v) is 2.07. The van der Waals surface area contributed by atoms with E-state index in [1.165, 1.54) is 25.9 Å². The van der Waals surface area contributed by atoms with Gasteiger partial charge < -0.3 is 0 Å². The quantitative estimate of drug-likeness (QED) is 0.552. The lowest BCUT2D eigenvalue weighted by Crippen LogP contribution is -2.33. The van der Waals surface area contributed by atoms with Gasteiger partial charge in [-0.05, 0) is 39.8 Å². The summed E-state index contributed by atoms with van der Waals surface area (Å²) in [6.07, 6.45) is 6.91. The van der Waals surface area contributed by atoms with E-state index >= 15 is 0 Å². The average molecular weight is 169 g/mol. The van der Waals surface area contributed by atoms with Crippen LogP contribution in [0.5, 0.6) is 0 Å². The van der Waals surface area contributed by atoms with Crippen molar-refractivity contribution in [1.29, 1.82) is 0 Å². The fraction of sp³-hybridized carbons (Fsp3) is 0.818. The molecule has 0 N–H and O–H groups in total. The van der Waals surface area contributed by atoms with Crippen molar-refractivity contribution in [2.75, 3.05) is 13.1 Å². The monoisotopic (exact) mass is 169 g/mol. The van der Waals surface area contributed by atoms with Crippen LogP contribution in [0.3, 0.4) is 0 Å². The highest BCUT2D eigenvalue weighted by Crippen LogP contribution is 2.03. The first-order valence-corrected chi connectivity index (χ1v) is 5.13. The molecule has 1 unspecified atom stereocenters. The van der Waals surface area contributed by atoms with Crippen molar-refractivity contribution >= 4 is 0 Å². The molecule has 0 bridgehead atoms. The van der Waals surface area contributed by atoms with Crippen LogP contribution in [-0.4, -0.2) is 24.0 Å². The predicted molar refractivity (Wildman–Crippen MR) is 56.4 cm³/mol.